The highest BCUT2D eigenvalue weighted by molar-refractivity contribution is 5.93. The SMILES string of the molecule is CCCCCCCCc1ccc(-c2ccc(C(=O)OC(C)C(=O)CCCCCC)cc2)nc1. The summed E-state index contributed by atoms with van der Waals surface area (Å²) in [6.07, 6.45) is 14.7. The highest BCUT2D eigenvalue weighted by atomic mass is 16.5. The minimum Gasteiger partial charge on any atom is -0.451 e. The summed E-state index contributed by atoms with van der Waals surface area (Å²) in [6, 6.07) is 11.4. The number of pyridine rings is 1. The van der Waals surface area contributed by atoms with Crippen LogP contribution in [0.15, 0.2) is 42.6 Å². The summed E-state index contributed by atoms with van der Waals surface area (Å²) < 4.78 is 5.38. The fraction of sp³-hybridized carbons (Fsp3) is 0.552. The molecule has 1 atom stereocenters. The number of carbonyl (C=O) groups is 2. The van der Waals surface area contributed by atoms with E-state index < -0.39 is 12.1 Å². The van der Waals surface area contributed by atoms with Gasteiger partial charge in [-0.1, -0.05) is 83.4 Å². The Bertz CT molecular complexity index is 827. The molecule has 1 unspecified atom stereocenters. The summed E-state index contributed by atoms with van der Waals surface area (Å²) in [6.45, 7) is 6.04. The van der Waals surface area contributed by atoms with Crippen molar-refractivity contribution in [3.05, 3.63) is 53.7 Å². The molecule has 33 heavy (non-hydrogen) atoms. The van der Waals surface area contributed by atoms with Gasteiger partial charge in [-0.2, -0.15) is 0 Å². The Kier molecular flexibility index (Phi) is 12.5. The number of esters is 1. The predicted octanol–water partition coefficient (Wildman–Crippen LogP) is 7.74. The van der Waals surface area contributed by atoms with Gasteiger partial charge in [0.25, 0.3) is 0 Å². The second-order valence-corrected chi connectivity index (χ2v) is 8.97. The van der Waals surface area contributed by atoms with Crippen molar-refractivity contribution in [3.63, 3.8) is 0 Å². The van der Waals surface area contributed by atoms with Gasteiger partial charge in [0, 0.05) is 18.2 Å². The molecule has 0 fully saturated rings. The van der Waals surface area contributed by atoms with E-state index in [1.165, 1.54) is 44.1 Å². The lowest BCUT2D eigenvalue weighted by Crippen LogP contribution is -2.24. The first-order chi connectivity index (χ1) is 16.0. The lowest BCUT2D eigenvalue weighted by molar-refractivity contribution is -0.127. The third kappa shape index (κ3) is 9.89. The molecule has 0 saturated heterocycles. The average molecular weight is 452 g/mol. The van der Waals surface area contributed by atoms with Crippen molar-refractivity contribution < 1.29 is 14.3 Å². The first-order valence-corrected chi connectivity index (χ1v) is 12.8. The van der Waals surface area contributed by atoms with Crippen LogP contribution in [0.4, 0.5) is 0 Å². The number of hydrogen-bond donors (Lipinski definition) is 0. The van der Waals surface area contributed by atoms with E-state index in [2.05, 4.69) is 24.9 Å². The maximum absolute atomic E-state index is 12.4. The Morgan fingerprint density at radius 2 is 1.45 bits per heavy atom. The second-order valence-electron chi connectivity index (χ2n) is 8.97. The van der Waals surface area contributed by atoms with Gasteiger partial charge in [-0.05, 0) is 49.9 Å². The number of carbonyl (C=O) groups excluding carboxylic acids is 2. The molecule has 1 aromatic carbocycles. The maximum atomic E-state index is 12.4. The average Bonchev–Trinajstić information content (AvgIpc) is 2.84. The molecule has 0 saturated carbocycles. The van der Waals surface area contributed by atoms with Crippen molar-refractivity contribution >= 4 is 11.8 Å². The number of hydrogen-bond acceptors (Lipinski definition) is 4. The van der Waals surface area contributed by atoms with E-state index in [9.17, 15) is 9.59 Å². The molecule has 0 aliphatic heterocycles. The molecule has 2 rings (SSSR count). The van der Waals surface area contributed by atoms with Crippen molar-refractivity contribution in [1.29, 1.82) is 0 Å². The van der Waals surface area contributed by atoms with Crippen molar-refractivity contribution in [1.82, 2.24) is 4.98 Å². The van der Waals surface area contributed by atoms with Crippen molar-refractivity contribution in [2.24, 2.45) is 0 Å². The highest BCUT2D eigenvalue weighted by Crippen LogP contribution is 2.19. The van der Waals surface area contributed by atoms with Crippen LogP contribution in [0.5, 0.6) is 0 Å². The molecule has 0 radical (unpaired) electrons. The highest BCUT2D eigenvalue weighted by Gasteiger charge is 2.18. The zero-order chi connectivity index (χ0) is 23.9. The molecule has 2 aromatic rings. The third-order valence-electron chi connectivity index (χ3n) is 6.07. The molecule has 0 spiro atoms. The number of ketones is 1. The monoisotopic (exact) mass is 451 g/mol. The summed E-state index contributed by atoms with van der Waals surface area (Å²) in [7, 11) is 0. The van der Waals surface area contributed by atoms with Gasteiger partial charge in [-0.15, -0.1) is 0 Å². The Morgan fingerprint density at radius 3 is 2.09 bits per heavy atom. The van der Waals surface area contributed by atoms with Crippen molar-refractivity contribution in [3.8, 4) is 11.3 Å². The van der Waals surface area contributed by atoms with Crippen molar-refractivity contribution in [2.75, 3.05) is 0 Å². The van der Waals surface area contributed by atoms with E-state index in [1.807, 2.05) is 24.4 Å². The smallest absolute Gasteiger partial charge is 0.338 e. The number of nitrogens with zero attached hydrogens (tertiary/aromatic N) is 1. The first-order valence-electron chi connectivity index (χ1n) is 12.8. The van der Waals surface area contributed by atoms with Gasteiger partial charge < -0.3 is 4.74 Å². The van der Waals surface area contributed by atoms with Gasteiger partial charge >= 0.3 is 5.97 Å². The third-order valence-corrected chi connectivity index (χ3v) is 6.07. The van der Waals surface area contributed by atoms with Gasteiger partial charge in [0.1, 0.15) is 0 Å². The zero-order valence-electron chi connectivity index (χ0n) is 20.8. The molecule has 0 amide bonds. The summed E-state index contributed by atoms with van der Waals surface area (Å²) in [5, 5.41) is 0. The van der Waals surface area contributed by atoms with Crippen LogP contribution < -0.4 is 0 Å². The van der Waals surface area contributed by atoms with Crippen LogP contribution >= 0.6 is 0 Å². The van der Waals surface area contributed by atoms with E-state index in [4.69, 9.17) is 4.74 Å². The maximum Gasteiger partial charge on any atom is 0.338 e. The molecular weight excluding hydrogens is 410 g/mol. The van der Waals surface area contributed by atoms with Gasteiger partial charge in [-0.3, -0.25) is 9.78 Å². The quantitative estimate of drug-likeness (QED) is 0.193. The lowest BCUT2D eigenvalue weighted by Gasteiger charge is -2.12. The zero-order valence-corrected chi connectivity index (χ0v) is 20.8. The fourth-order valence-corrected chi connectivity index (χ4v) is 3.85. The molecule has 0 aliphatic rings. The van der Waals surface area contributed by atoms with E-state index >= 15 is 0 Å². The van der Waals surface area contributed by atoms with E-state index in [0.717, 1.165) is 43.4 Å². The van der Waals surface area contributed by atoms with Gasteiger partial charge in [0.05, 0.1) is 11.3 Å². The Hall–Kier alpha value is -2.49. The molecule has 180 valence electrons. The normalized spacial score (nSPS) is 11.8. The molecule has 4 nitrogen and oxygen atoms in total. The molecule has 0 aliphatic carbocycles. The number of ether oxygens (including phenoxy) is 1. The number of aryl methyl sites for hydroxylation is 1. The van der Waals surface area contributed by atoms with Crippen LogP contribution in [0.2, 0.25) is 0 Å². The van der Waals surface area contributed by atoms with E-state index in [-0.39, 0.29) is 5.78 Å². The number of Topliss-reactive ketones (excluding diaryl/α,β-unsaturated/α-hetero) is 1. The van der Waals surface area contributed by atoms with Crippen LogP contribution in [0.25, 0.3) is 11.3 Å². The number of benzene rings is 1. The Balaban J connectivity index is 1.81. The first kappa shape index (κ1) is 26.8. The number of aromatic nitrogens is 1. The predicted molar refractivity (Wildman–Crippen MR) is 135 cm³/mol. The number of unbranched alkanes of at least 4 members (excludes halogenated alkanes) is 8. The molecule has 0 N–H and O–H groups in total. The topological polar surface area (TPSA) is 56.3 Å². The summed E-state index contributed by atoms with van der Waals surface area (Å²) in [4.78, 5) is 29.2. The molecule has 1 heterocycles. The van der Waals surface area contributed by atoms with Crippen molar-refractivity contribution in [2.45, 2.75) is 104 Å². The summed E-state index contributed by atoms with van der Waals surface area (Å²) >= 11 is 0. The van der Waals surface area contributed by atoms with Gasteiger partial charge in [-0.25, -0.2) is 4.79 Å². The van der Waals surface area contributed by atoms with Crippen LogP contribution in [-0.2, 0) is 16.0 Å². The van der Waals surface area contributed by atoms with Gasteiger partial charge in [0.2, 0.25) is 0 Å². The molecule has 4 heteroatoms. The summed E-state index contributed by atoms with van der Waals surface area (Å²) in [5.41, 5.74) is 3.56. The van der Waals surface area contributed by atoms with Gasteiger partial charge in [0.15, 0.2) is 11.9 Å². The largest absolute Gasteiger partial charge is 0.451 e. The fourth-order valence-electron chi connectivity index (χ4n) is 3.85. The minimum atomic E-state index is -0.709. The molecular formula is C29H41NO3. The van der Waals surface area contributed by atoms with Crippen LogP contribution in [0.3, 0.4) is 0 Å². The minimum absolute atomic E-state index is 0.0127. The molecule has 0 bridgehead atoms. The Morgan fingerprint density at radius 1 is 0.818 bits per heavy atom. The molecule has 1 aromatic heterocycles. The van der Waals surface area contributed by atoms with Crippen LogP contribution in [0, 0.1) is 0 Å². The van der Waals surface area contributed by atoms with Crippen LogP contribution in [-0.4, -0.2) is 22.8 Å². The van der Waals surface area contributed by atoms with Crippen LogP contribution in [0.1, 0.15) is 107 Å². The van der Waals surface area contributed by atoms with E-state index in [1.54, 1.807) is 19.1 Å². The second kappa shape index (κ2) is 15.4. The lowest BCUT2D eigenvalue weighted by atomic mass is 10.0. The van der Waals surface area contributed by atoms with E-state index in [0.29, 0.717) is 12.0 Å². The Labute approximate surface area is 200 Å². The summed E-state index contributed by atoms with van der Waals surface area (Å²) in [5.74, 6) is -0.473. The standard InChI is InChI=1S/C29H41NO3/c1-4-6-8-10-11-12-14-24-16-21-27(30-22-24)25-17-19-26(20-18-25)29(32)33-23(3)28(31)15-13-9-7-5-2/h16-23H,4-15H2,1-3H3. The number of rotatable bonds is 16.